The van der Waals surface area contributed by atoms with Crippen molar-refractivity contribution >= 4 is 22.8 Å². The van der Waals surface area contributed by atoms with Gasteiger partial charge in [-0.05, 0) is 36.5 Å². The smallest absolute Gasteiger partial charge is 0.352 e. The van der Waals surface area contributed by atoms with Crippen LogP contribution in [0.1, 0.15) is 47.7 Å². The molecule has 0 bridgehead atoms. The summed E-state index contributed by atoms with van der Waals surface area (Å²) in [5, 5.41) is 9.38. The van der Waals surface area contributed by atoms with Crippen LogP contribution >= 0.6 is 0 Å². The molecule has 32 heavy (non-hydrogen) atoms. The molecule has 1 aliphatic carbocycles. The zero-order valence-electron chi connectivity index (χ0n) is 17.1. The Hall–Kier alpha value is -3.44. The van der Waals surface area contributed by atoms with Crippen molar-refractivity contribution in [1.29, 1.82) is 0 Å². The van der Waals surface area contributed by atoms with Gasteiger partial charge < -0.3 is 15.6 Å². The molecule has 2 aromatic heterocycles. The molecule has 2 heterocycles. The van der Waals surface area contributed by atoms with Crippen LogP contribution in [-0.4, -0.2) is 42.7 Å². The lowest BCUT2D eigenvalue weighted by Gasteiger charge is -2.07. The maximum absolute atomic E-state index is 12.3. The number of alkyl halides is 3. The van der Waals surface area contributed by atoms with Crippen molar-refractivity contribution in [3.63, 3.8) is 0 Å². The number of hydrogen-bond donors (Lipinski definition) is 3. The van der Waals surface area contributed by atoms with Crippen molar-refractivity contribution in [3.05, 3.63) is 41.7 Å². The fraction of sp³-hybridized carbons (Fsp3) is 0.450. The molecule has 3 aromatic rings. The van der Waals surface area contributed by atoms with E-state index in [1.807, 2.05) is 0 Å². The van der Waals surface area contributed by atoms with Crippen molar-refractivity contribution in [3.8, 4) is 0 Å². The number of halogens is 3. The fourth-order valence-electron chi connectivity index (χ4n) is 3.14. The number of amides is 2. The number of fused-ring (bicyclic) bond motifs is 1. The topological polar surface area (TPSA) is 118 Å². The number of benzene rings is 1. The molecule has 4 rings (SSSR count). The molecule has 2 amide bonds. The van der Waals surface area contributed by atoms with E-state index in [9.17, 15) is 22.8 Å². The molecule has 12 heteroatoms. The van der Waals surface area contributed by atoms with Crippen molar-refractivity contribution in [2.75, 3.05) is 0 Å². The average molecular weight is 449 g/mol. The van der Waals surface area contributed by atoms with E-state index in [0.29, 0.717) is 28.3 Å². The van der Waals surface area contributed by atoms with Gasteiger partial charge in [0.15, 0.2) is 0 Å². The van der Waals surface area contributed by atoms with Crippen LogP contribution in [0.3, 0.4) is 0 Å². The summed E-state index contributed by atoms with van der Waals surface area (Å²) in [5.74, 6) is 0.189. The molecule has 0 atom stereocenters. The molecule has 3 N–H and O–H groups in total. The summed E-state index contributed by atoms with van der Waals surface area (Å²) < 4.78 is 38.2. The lowest BCUT2D eigenvalue weighted by Crippen LogP contribution is -2.24. The minimum Gasteiger partial charge on any atom is -0.352 e. The molecular formula is C20H22F3N7O2. The van der Waals surface area contributed by atoms with Crippen LogP contribution in [0, 0.1) is 5.92 Å². The summed E-state index contributed by atoms with van der Waals surface area (Å²) in [6.45, 7) is 1.02. The van der Waals surface area contributed by atoms with E-state index in [0.717, 1.165) is 6.54 Å². The monoisotopic (exact) mass is 449 g/mol. The van der Waals surface area contributed by atoms with E-state index in [1.165, 1.54) is 12.8 Å². The Morgan fingerprint density at radius 1 is 1.19 bits per heavy atom. The Morgan fingerprint density at radius 3 is 2.75 bits per heavy atom. The van der Waals surface area contributed by atoms with Crippen molar-refractivity contribution in [1.82, 2.24) is 35.4 Å². The number of H-pyrrole nitrogens is 1. The highest BCUT2D eigenvalue weighted by Gasteiger charge is 2.27. The van der Waals surface area contributed by atoms with Gasteiger partial charge in [-0.3, -0.25) is 14.3 Å². The zero-order chi connectivity index (χ0) is 22.7. The molecule has 9 nitrogen and oxygen atoms in total. The molecule has 0 radical (unpaired) electrons. The third kappa shape index (κ3) is 6.05. The maximum atomic E-state index is 12.3. The lowest BCUT2D eigenvalue weighted by atomic mass is 10.2. The number of nitrogens with zero attached hydrogens (tertiary/aromatic N) is 4. The van der Waals surface area contributed by atoms with E-state index in [-0.39, 0.29) is 18.9 Å². The van der Waals surface area contributed by atoms with Crippen LogP contribution in [0.2, 0.25) is 0 Å². The third-order valence-electron chi connectivity index (χ3n) is 5.02. The second-order valence-electron chi connectivity index (χ2n) is 7.84. The molecule has 1 aliphatic rings. The molecule has 0 spiro atoms. The van der Waals surface area contributed by atoms with Crippen LogP contribution in [-0.2, 0) is 24.4 Å². The number of rotatable bonds is 9. The summed E-state index contributed by atoms with van der Waals surface area (Å²) >= 11 is 0. The first-order chi connectivity index (χ1) is 15.2. The first kappa shape index (κ1) is 21.8. The highest BCUT2D eigenvalue weighted by Crippen LogP contribution is 2.30. The predicted octanol–water partition coefficient (Wildman–Crippen LogP) is 2.45. The fourth-order valence-corrected chi connectivity index (χ4v) is 3.14. The van der Waals surface area contributed by atoms with Crippen molar-refractivity contribution < 1.29 is 22.8 Å². The van der Waals surface area contributed by atoms with Gasteiger partial charge in [-0.25, -0.2) is 9.97 Å². The van der Waals surface area contributed by atoms with E-state index in [1.54, 1.807) is 29.2 Å². The summed E-state index contributed by atoms with van der Waals surface area (Å²) in [5.41, 5.74) is 2.05. The average Bonchev–Trinajstić information content (AvgIpc) is 3.27. The summed E-state index contributed by atoms with van der Waals surface area (Å²) in [6.07, 6.45) is -2.20. The summed E-state index contributed by atoms with van der Waals surface area (Å²) in [6, 6.07) is 5.21. The largest absolute Gasteiger partial charge is 0.389 e. The molecule has 0 aliphatic heterocycles. The van der Waals surface area contributed by atoms with Gasteiger partial charge in [0.2, 0.25) is 11.7 Å². The van der Waals surface area contributed by atoms with Gasteiger partial charge >= 0.3 is 6.18 Å². The van der Waals surface area contributed by atoms with Crippen LogP contribution < -0.4 is 10.6 Å². The molecule has 170 valence electrons. The number of aromatic amines is 1. The minimum atomic E-state index is -4.36. The van der Waals surface area contributed by atoms with E-state index < -0.39 is 30.8 Å². The lowest BCUT2D eigenvalue weighted by molar-refractivity contribution is -0.144. The highest BCUT2D eigenvalue weighted by molar-refractivity contribution is 5.90. The minimum absolute atomic E-state index is 0.102. The van der Waals surface area contributed by atoms with Crippen LogP contribution in [0.15, 0.2) is 24.5 Å². The van der Waals surface area contributed by atoms with Crippen LogP contribution in [0.5, 0.6) is 0 Å². The number of carbonyl (C=O) groups is 2. The Kier molecular flexibility index (Phi) is 6.10. The Morgan fingerprint density at radius 2 is 2.00 bits per heavy atom. The zero-order valence-corrected chi connectivity index (χ0v) is 17.1. The normalized spacial score (nSPS) is 14.0. The maximum Gasteiger partial charge on any atom is 0.389 e. The Labute approximate surface area is 180 Å². The quantitative estimate of drug-likeness (QED) is 0.464. The van der Waals surface area contributed by atoms with Crippen LogP contribution in [0.25, 0.3) is 11.0 Å². The summed E-state index contributed by atoms with van der Waals surface area (Å²) in [7, 11) is 0. The molecule has 0 unspecified atom stereocenters. The third-order valence-corrected chi connectivity index (χ3v) is 5.02. The SMILES string of the molecule is O=C(CCC(F)(F)F)NCc1ccc2nc(CNC(=O)c3ncn(CC4CC4)n3)[nH]c2c1. The van der Waals surface area contributed by atoms with Gasteiger partial charge in [-0.1, -0.05) is 6.07 Å². The number of imidazole rings is 1. The Balaban J connectivity index is 1.29. The van der Waals surface area contributed by atoms with Gasteiger partial charge in [0.25, 0.3) is 5.91 Å². The highest BCUT2D eigenvalue weighted by atomic mass is 19.4. The standard InChI is InChI=1S/C20H22F3N7O2/c21-20(22,23)6-5-17(31)24-8-13-3-4-14-15(7-13)28-16(27-14)9-25-19(32)18-26-11-30(29-18)10-12-1-2-12/h3-4,7,11-12H,1-2,5-6,8-10H2,(H,24,31)(H,25,32)(H,27,28). The molecule has 1 aromatic carbocycles. The van der Waals surface area contributed by atoms with Gasteiger partial charge in [0.1, 0.15) is 12.2 Å². The molecular weight excluding hydrogens is 427 g/mol. The van der Waals surface area contributed by atoms with E-state index >= 15 is 0 Å². The van der Waals surface area contributed by atoms with E-state index in [2.05, 4.69) is 30.7 Å². The van der Waals surface area contributed by atoms with Crippen LogP contribution in [0.4, 0.5) is 13.2 Å². The summed E-state index contributed by atoms with van der Waals surface area (Å²) in [4.78, 5) is 35.3. The van der Waals surface area contributed by atoms with Crippen molar-refractivity contribution in [2.45, 2.75) is 51.5 Å². The molecule has 0 saturated heterocycles. The molecule has 1 saturated carbocycles. The van der Waals surface area contributed by atoms with Gasteiger partial charge in [0.05, 0.1) is 24.0 Å². The Bertz CT molecular complexity index is 1120. The molecule has 1 fully saturated rings. The predicted molar refractivity (Wildman–Crippen MR) is 107 cm³/mol. The first-order valence-electron chi connectivity index (χ1n) is 10.2. The van der Waals surface area contributed by atoms with Gasteiger partial charge in [-0.2, -0.15) is 13.2 Å². The number of carbonyl (C=O) groups excluding carboxylic acids is 2. The number of hydrogen-bond acceptors (Lipinski definition) is 5. The van der Waals surface area contributed by atoms with Gasteiger partial charge in [-0.15, -0.1) is 5.10 Å². The second kappa shape index (κ2) is 8.97. The second-order valence-corrected chi connectivity index (χ2v) is 7.84. The number of aromatic nitrogens is 5. The van der Waals surface area contributed by atoms with E-state index in [4.69, 9.17) is 0 Å². The van der Waals surface area contributed by atoms with Crippen molar-refractivity contribution in [2.24, 2.45) is 5.92 Å². The first-order valence-corrected chi connectivity index (χ1v) is 10.2. The van der Waals surface area contributed by atoms with Gasteiger partial charge in [0, 0.05) is 19.5 Å². The number of nitrogens with one attached hydrogen (secondary N) is 3.